The van der Waals surface area contributed by atoms with Gasteiger partial charge in [-0.25, -0.2) is 8.42 Å². The average molecular weight is 283 g/mol. The number of alkyl halides is 3. The fraction of sp³-hybridized carbons (Fsp3) is 0.818. The minimum absolute atomic E-state index is 0.172. The van der Waals surface area contributed by atoms with Crippen LogP contribution in [0.4, 0.5) is 13.2 Å². The maximum Gasteiger partial charge on any atom is 0.390 e. The van der Waals surface area contributed by atoms with Crippen molar-refractivity contribution in [3.8, 4) is 0 Å². The lowest BCUT2D eigenvalue weighted by Crippen LogP contribution is -2.45. The Bertz CT molecular complexity index is 428. The van der Waals surface area contributed by atoms with Crippen molar-refractivity contribution in [1.82, 2.24) is 4.31 Å². The first-order valence-electron chi connectivity index (χ1n) is 5.94. The number of sulfonamides is 1. The van der Waals surface area contributed by atoms with Crippen LogP contribution in [0.5, 0.6) is 0 Å². The van der Waals surface area contributed by atoms with E-state index in [9.17, 15) is 21.6 Å². The first kappa shape index (κ1) is 13.9. The van der Waals surface area contributed by atoms with E-state index < -0.39 is 28.4 Å². The maximum absolute atomic E-state index is 12.1. The zero-order valence-corrected chi connectivity index (χ0v) is 10.7. The molecule has 0 amide bonds. The molecule has 0 radical (unpaired) electrons. The van der Waals surface area contributed by atoms with Crippen molar-refractivity contribution >= 4 is 10.0 Å². The van der Waals surface area contributed by atoms with Gasteiger partial charge in [0.25, 0.3) is 0 Å². The molecular formula is C11H16F3NO2S. The molecule has 2 fully saturated rings. The van der Waals surface area contributed by atoms with Crippen LogP contribution in [-0.4, -0.2) is 36.7 Å². The molecule has 2 unspecified atom stereocenters. The molecule has 0 aromatic carbocycles. The molecule has 18 heavy (non-hydrogen) atoms. The van der Waals surface area contributed by atoms with E-state index in [1.54, 1.807) is 0 Å². The Morgan fingerprint density at radius 1 is 1.22 bits per heavy atom. The highest BCUT2D eigenvalue weighted by atomic mass is 32.2. The lowest BCUT2D eigenvalue weighted by atomic mass is 10.0. The van der Waals surface area contributed by atoms with Gasteiger partial charge in [-0.2, -0.15) is 17.5 Å². The molecular weight excluding hydrogens is 267 g/mol. The largest absolute Gasteiger partial charge is 0.390 e. The number of piperidine rings is 1. The minimum atomic E-state index is -4.43. The van der Waals surface area contributed by atoms with Gasteiger partial charge in [-0.3, -0.25) is 0 Å². The lowest BCUT2D eigenvalue weighted by molar-refractivity contribution is -0.130. The summed E-state index contributed by atoms with van der Waals surface area (Å²) in [4.78, 5) is 0. The van der Waals surface area contributed by atoms with Gasteiger partial charge in [0.1, 0.15) is 0 Å². The van der Waals surface area contributed by atoms with Crippen LogP contribution in [0.2, 0.25) is 0 Å². The Labute approximate surface area is 105 Å². The Hall–Kier alpha value is -0.560. The van der Waals surface area contributed by atoms with Gasteiger partial charge >= 0.3 is 6.18 Å². The van der Waals surface area contributed by atoms with E-state index in [4.69, 9.17) is 0 Å². The Kier molecular flexibility index (Phi) is 3.48. The van der Waals surface area contributed by atoms with E-state index in [1.807, 2.05) is 0 Å². The summed E-state index contributed by atoms with van der Waals surface area (Å²) in [7, 11) is -3.80. The molecule has 0 aromatic heterocycles. The van der Waals surface area contributed by atoms with Crippen LogP contribution < -0.4 is 0 Å². The van der Waals surface area contributed by atoms with Crippen molar-refractivity contribution in [1.29, 1.82) is 0 Å². The van der Waals surface area contributed by atoms with Gasteiger partial charge in [-0.15, -0.1) is 0 Å². The lowest BCUT2D eigenvalue weighted by Gasteiger charge is -2.34. The molecule has 0 spiro atoms. The molecule has 0 N–H and O–H groups in total. The topological polar surface area (TPSA) is 37.4 Å². The predicted octanol–water partition coefficient (Wildman–Crippen LogP) is 2.45. The quantitative estimate of drug-likeness (QED) is 0.746. The first-order valence-corrected chi connectivity index (χ1v) is 7.54. The van der Waals surface area contributed by atoms with Crippen LogP contribution in [0.1, 0.15) is 32.1 Å². The maximum atomic E-state index is 12.1. The summed E-state index contributed by atoms with van der Waals surface area (Å²) in [6, 6.07) is -0.344. The highest BCUT2D eigenvalue weighted by Crippen LogP contribution is 2.40. The monoisotopic (exact) mass is 283 g/mol. The second-order valence-electron chi connectivity index (χ2n) is 5.05. The molecule has 2 aliphatic rings. The van der Waals surface area contributed by atoms with E-state index in [-0.39, 0.29) is 12.1 Å². The molecule has 0 saturated carbocycles. The second kappa shape index (κ2) is 4.52. The van der Waals surface area contributed by atoms with Crippen LogP contribution in [-0.2, 0) is 10.0 Å². The summed E-state index contributed by atoms with van der Waals surface area (Å²) < 4.78 is 61.7. The standard InChI is InChI=1S/C11H16F3NO2S/c1-8-6-9-2-3-10(7-8)15(9)18(16,17)5-4-11(12,13)14/h9-10H,1-7H2. The average Bonchev–Trinajstić information content (AvgIpc) is 2.49. The number of rotatable bonds is 3. The highest BCUT2D eigenvalue weighted by Gasteiger charge is 2.45. The van der Waals surface area contributed by atoms with Gasteiger partial charge in [-0.1, -0.05) is 12.2 Å². The predicted molar refractivity (Wildman–Crippen MR) is 61.5 cm³/mol. The third-order valence-corrected chi connectivity index (χ3v) is 5.52. The Morgan fingerprint density at radius 3 is 2.17 bits per heavy atom. The Morgan fingerprint density at radius 2 is 1.72 bits per heavy atom. The molecule has 2 aliphatic heterocycles. The molecule has 2 saturated heterocycles. The van der Waals surface area contributed by atoms with E-state index in [1.165, 1.54) is 4.31 Å². The van der Waals surface area contributed by atoms with Gasteiger partial charge < -0.3 is 0 Å². The highest BCUT2D eigenvalue weighted by molar-refractivity contribution is 7.89. The van der Waals surface area contributed by atoms with Gasteiger partial charge in [0, 0.05) is 12.1 Å². The van der Waals surface area contributed by atoms with Crippen LogP contribution in [0.3, 0.4) is 0 Å². The van der Waals surface area contributed by atoms with Gasteiger partial charge in [-0.05, 0) is 25.7 Å². The molecule has 2 bridgehead atoms. The molecule has 2 heterocycles. The zero-order chi connectivity index (χ0) is 13.6. The second-order valence-corrected chi connectivity index (χ2v) is 7.05. The van der Waals surface area contributed by atoms with Crippen LogP contribution in [0.15, 0.2) is 12.2 Å². The fourth-order valence-corrected chi connectivity index (χ4v) is 4.84. The number of hydrogen-bond donors (Lipinski definition) is 0. The molecule has 2 atom stereocenters. The van der Waals surface area contributed by atoms with Crippen LogP contribution >= 0.6 is 0 Å². The molecule has 7 heteroatoms. The van der Waals surface area contributed by atoms with E-state index >= 15 is 0 Å². The summed E-state index contributed by atoms with van der Waals surface area (Å²) in [5.41, 5.74) is 1.00. The molecule has 0 aliphatic carbocycles. The SMILES string of the molecule is C=C1CC2CCC(C1)N2S(=O)(=O)CCC(F)(F)F. The third-order valence-electron chi connectivity index (χ3n) is 3.57. The summed E-state index contributed by atoms with van der Waals surface area (Å²) in [5.74, 6) is -0.837. The van der Waals surface area contributed by atoms with Crippen molar-refractivity contribution in [2.75, 3.05) is 5.75 Å². The molecule has 104 valence electrons. The summed E-state index contributed by atoms with van der Waals surface area (Å²) in [5, 5.41) is 0. The third kappa shape index (κ3) is 2.88. The van der Waals surface area contributed by atoms with Crippen molar-refractivity contribution in [2.45, 2.75) is 50.4 Å². The van der Waals surface area contributed by atoms with Crippen molar-refractivity contribution in [3.05, 3.63) is 12.2 Å². The summed E-state index contributed by atoms with van der Waals surface area (Å²) >= 11 is 0. The summed E-state index contributed by atoms with van der Waals surface area (Å²) in [6.45, 7) is 3.86. The number of fused-ring (bicyclic) bond motifs is 2. The smallest absolute Gasteiger partial charge is 0.212 e. The van der Waals surface area contributed by atoms with Crippen molar-refractivity contribution in [2.24, 2.45) is 0 Å². The van der Waals surface area contributed by atoms with Gasteiger partial charge in [0.2, 0.25) is 10.0 Å². The van der Waals surface area contributed by atoms with E-state index in [0.29, 0.717) is 12.8 Å². The van der Waals surface area contributed by atoms with E-state index in [2.05, 4.69) is 6.58 Å². The normalized spacial score (nSPS) is 29.8. The van der Waals surface area contributed by atoms with Crippen molar-refractivity contribution < 1.29 is 21.6 Å². The number of nitrogens with zero attached hydrogens (tertiary/aromatic N) is 1. The van der Waals surface area contributed by atoms with Gasteiger partial charge in [0.15, 0.2) is 0 Å². The molecule has 3 nitrogen and oxygen atoms in total. The molecule has 2 rings (SSSR count). The minimum Gasteiger partial charge on any atom is -0.212 e. The Balaban J connectivity index is 2.09. The van der Waals surface area contributed by atoms with Gasteiger partial charge in [0.05, 0.1) is 12.2 Å². The fourth-order valence-electron chi connectivity index (χ4n) is 2.88. The van der Waals surface area contributed by atoms with E-state index in [0.717, 1.165) is 18.4 Å². The van der Waals surface area contributed by atoms with Crippen LogP contribution in [0.25, 0.3) is 0 Å². The first-order chi connectivity index (χ1) is 8.19. The van der Waals surface area contributed by atoms with Crippen molar-refractivity contribution in [3.63, 3.8) is 0 Å². The van der Waals surface area contributed by atoms with Crippen LogP contribution in [0, 0.1) is 0 Å². The number of halogens is 3. The summed E-state index contributed by atoms with van der Waals surface area (Å²) in [6.07, 6.45) is -3.06. The molecule has 0 aromatic rings. The zero-order valence-electron chi connectivity index (χ0n) is 9.91. The number of hydrogen-bond acceptors (Lipinski definition) is 2.